The van der Waals surface area contributed by atoms with Crippen molar-refractivity contribution in [3.05, 3.63) is 53.6 Å². The summed E-state index contributed by atoms with van der Waals surface area (Å²) in [7, 11) is -1.54. The van der Waals surface area contributed by atoms with Crippen molar-refractivity contribution in [1.29, 1.82) is 0 Å². The molecule has 3 aliphatic rings. The Kier molecular flexibility index (Phi) is 3.11. The third-order valence-electron chi connectivity index (χ3n) is 5.50. The Balaban J connectivity index is 1.90. The molecule has 4 heteroatoms. The van der Waals surface area contributed by atoms with Crippen LogP contribution in [0.3, 0.4) is 0 Å². The predicted molar refractivity (Wildman–Crippen MR) is 88.3 cm³/mol. The highest BCUT2D eigenvalue weighted by Gasteiger charge is 2.67. The number of rotatable bonds is 2. The molecule has 0 amide bonds. The smallest absolute Gasteiger partial charge is 0.176 e. The zero-order chi connectivity index (χ0) is 16.4. The lowest BCUT2D eigenvalue weighted by Gasteiger charge is -2.40. The Morgan fingerprint density at radius 3 is 2.48 bits per heavy atom. The van der Waals surface area contributed by atoms with Gasteiger partial charge in [0.05, 0.1) is 16.7 Å². The number of Topliss-reactive ketones (excluding diaryl/α,β-unsaturated/α-hetero) is 1. The van der Waals surface area contributed by atoms with Crippen molar-refractivity contribution in [2.24, 2.45) is 17.8 Å². The largest absolute Gasteiger partial charge is 0.294 e. The van der Waals surface area contributed by atoms with Crippen molar-refractivity contribution >= 4 is 22.4 Å². The minimum absolute atomic E-state index is 0.0121. The van der Waals surface area contributed by atoms with Gasteiger partial charge in [-0.3, -0.25) is 13.8 Å². The van der Waals surface area contributed by atoms with Crippen LogP contribution in [-0.2, 0) is 20.4 Å². The molecule has 2 bridgehead atoms. The van der Waals surface area contributed by atoms with E-state index in [9.17, 15) is 13.8 Å². The number of ketones is 2. The van der Waals surface area contributed by atoms with Crippen LogP contribution in [0.15, 0.2) is 53.0 Å². The van der Waals surface area contributed by atoms with E-state index >= 15 is 0 Å². The lowest BCUT2D eigenvalue weighted by atomic mass is 9.71. The number of carbonyl (C=O) groups excluding carboxylic acids is 2. The van der Waals surface area contributed by atoms with Crippen molar-refractivity contribution in [2.75, 3.05) is 0 Å². The van der Waals surface area contributed by atoms with Gasteiger partial charge >= 0.3 is 0 Å². The Bertz CT molecular complexity index is 802. The average molecular weight is 326 g/mol. The van der Waals surface area contributed by atoms with Crippen molar-refractivity contribution < 1.29 is 13.8 Å². The summed E-state index contributed by atoms with van der Waals surface area (Å²) < 4.78 is 12.3. The lowest BCUT2D eigenvalue weighted by Crippen LogP contribution is -2.57. The molecule has 1 aromatic carbocycles. The Labute approximate surface area is 137 Å². The highest BCUT2D eigenvalue weighted by molar-refractivity contribution is 7.87. The van der Waals surface area contributed by atoms with E-state index in [1.807, 2.05) is 43.3 Å². The van der Waals surface area contributed by atoms with E-state index in [0.29, 0.717) is 10.5 Å². The SMILES string of the molecule is CC1=CC(=O)[C@]2(S(=O)c3ccc(C)cc3)[C@H](C1=O)[C@@H]1C=C[C@H]2C1. The van der Waals surface area contributed by atoms with Gasteiger partial charge in [0.2, 0.25) is 0 Å². The first-order valence-corrected chi connectivity index (χ1v) is 9.05. The van der Waals surface area contributed by atoms with Crippen molar-refractivity contribution in [1.82, 2.24) is 0 Å². The van der Waals surface area contributed by atoms with E-state index in [0.717, 1.165) is 12.0 Å². The summed E-state index contributed by atoms with van der Waals surface area (Å²) in [6.45, 7) is 3.66. The van der Waals surface area contributed by atoms with Crippen LogP contribution < -0.4 is 0 Å². The first kappa shape index (κ1) is 14.8. The minimum atomic E-state index is -1.54. The maximum atomic E-state index is 13.4. The molecule has 5 atom stereocenters. The van der Waals surface area contributed by atoms with Crippen LogP contribution in [0.5, 0.6) is 0 Å². The van der Waals surface area contributed by atoms with E-state index in [1.54, 1.807) is 6.92 Å². The molecule has 0 radical (unpaired) electrons. The standard InChI is InChI=1S/C19H18O3S/c1-11-3-7-15(8-4-11)23(22)19-14-6-5-13(10-14)17(19)18(21)12(2)9-16(19)20/h3-9,13-14,17H,10H2,1-2H3/t13-,14+,17+,19+,23?/m1/s1. The summed E-state index contributed by atoms with van der Waals surface area (Å²) in [6, 6.07) is 7.43. The minimum Gasteiger partial charge on any atom is -0.294 e. The number of hydrogen-bond donors (Lipinski definition) is 0. The molecular formula is C19H18O3S. The zero-order valence-electron chi connectivity index (χ0n) is 13.1. The lowest BCUT2D eigenvalue weighted by molar-refractivity contribution is -0.128. The molecule has 0 saturated heterocycles. The van der Waals surface area contributed by atoms with Crippen molar-refractivity contribution in [2.45, 2.75) is 29.9 Å². The van der Waals surface area contributed by atoms with Gasteiger partial charge in [-0.2, -0.15) is 0 Å². The molecular weight excluding hydrogens is 308 g/mol. The third kappa shape index (κ3) is 1.78. The van der Waals surface area contributed by atoms with Crippen LogP contribution in [0, 0.1) is 24.7 Å². The second kappa shape index (κ2) is 4.84. The molecule has 1 aromatic rings. The highest BCUT2D eigenvalue weighted by atomic mass is 32.2. The monoisotopic (exact) mass is 326 g/mol. The molecule has 0 spiro atoms. The third-order valence-corrected chi connectivity index (χ3v) is 7.58. The van der Waals surface area contributed by atoms with Gasteiger partial charge in [-0.1, -0.05) is 29.8 Å². The number of carbonyl (C=O) groups is 2. The van der Waals surface area contributed by atoms with Crippen LogP contribution in [0.1, 0.15) is 18.9 Å². The molecule has 1 fully saturated rings. The van der Waals surface area contributed by atoms with Gasteiger partial charge in [0.25, 0.3) is 0 Å². The molecule has 1 saturated carbocycles. The van der Waals surface area contributed by atoms with Gasteiger partial charge in [0.15, 0.2) is 11.6 Å². The van der Waals surface area contributed by atoms with E-state index in [-0.39, 0.29) is 23.4 Å². The van der Waals surface area contributed by atoms with E-state index in [4.69, 9.17) is 0 Å². The number of hydrogen-bond acceptors (Lipinski definition) is 3. The van der Waals surface area contributed by atoms with Gasteiger partial charge in [0, 0.05) is 10.8 Å². The highest BCUT2D eigenvalue weighted by Crippen LogP contribution is 2.57. The van der Waals surface area contributed by atoms with Crippen LogP contribution in [0.2, 0.25) is 0 Å². The van der Waals surface area contributed by atoms with Gasteiger partial charge in [0.1, 0.15) is 4.75 Å². The maximum Gasteiger partial charge on any atom is 0.176 e. The second-order valence-corrected chi connectivity index (χ2v) is 8.48. The summed E-state index contributed by atoms with van der Waals surface area (Å²) >= 11 is 0. The average Bonchev–Trinajstić information content (AvgIpc) is 3.13. The summed E-state index contributed by atoms with van der Waals surface area (Å²) in [4.78, 5) is 26.4. The fourth-order valence-corrected chi connectivity index (χ4v) is 6.37. The van der Waals surface area contributed by atoms with Crippen LogP contribution in [0.4, 0.5) is 0 Å². The van der Waals surface area contributed by atoms with Gasteiger partial charge in [-0.05, 0) is 50.0 Å². The molecule has 23 heavy (non-hydrogen) atoms. The summed E-state index contributed by atoms with van der Waals surface area (Å²) in [5.41, 5.74) is 1.58. The molecule has 3 nitrogen and oxygen atoms in total. The number of aryl methyl sites for hydroxylation is 1. The Hall–Kier alpha value is -1.81. The van der Waals surface area contributed by atoms with Gasteiger partial charge in [-0.25, -0.2) is 0 Å². The molecule has 0 N–H and O–H groups in total. The fraction of sp³-hybridized carbons (Fsp3) is 0.368. The van der Waals surface area contributed by atoms with Crippen LogP contribution in [0.25, 0.3) is 0 Å². The summed E-state index contributed by atoms with van der Waals surface area (Å²) in [5, 5.41) is 0. The number of allylic oxidation sites excluding steroid dienone is 4. The summed E-state index contributed by atoms with van der Waals surface area (Å²) in [6.07, 6.45) is 6.19. The second-order valence-electron chi connectivity index (χ2n) is 6.80. The van der Waals surface area contributed by atoms with Gasteiger partial charge in [-0.15, -0.1) is 0 Å². The fourth-order valence-electron chi connectivity index (χ4n) is 4.39. The normalized spacial score (nSPS) is 36.1. The van der Waals surface area contributed by atoms with E-state index in [2.05, 4.69) is 0 Å². The molecule has 118 valence electrons. The molecule has 4 rings (SSSR count). The summed E-state index contributed by atoms with van der Waals surface area (Å²) in [5.74, 6) is -0.704. The van der Waals surface area contributed by atoms with Crippen LogP contribution in [-0.4, -0.2) is 20.5 Å². The van der Waals surface area contributed by atoms with Crippen LogP contribution >= 0.6 is 0 Å². The van der Waals surface area contributed by atoms with Gasteiger partial charge < -0.3 is 0 Å². The number of benzene rings is 1. The predicted octanol–water partition coefficient (Wildman–Crippen LogP) is 2.76. The Morgan fingerprint density at radius 2 is 1.78 bits per heavy atom. The molecule has 0 aliphatic heterocycles. The van der Waals surface area contributed by atoms with Crippen molar-refractivity contribution in [3.63, 3.8) is 0 Å². The topological polar surface area (TPSA) is 51.2 Å². The first-order chi connectivity index (χ1) is 11.0. The molecule has 1 unspecified atom stereocenters. The van der Waals surface area contributed by atoms with E-state index in [1.165, 1.54) is 6.08 Å². The number of fused-ring (bicyclic) bond motifs is 5. The zero-order valence-corrected chi connectivity index (χ0v) is 13.9. The Morgan fingerprint density at radius 1 is 1.09 bits per heavy atom. The molecule has 0 heterocycles. The van der Waals surface area contributed by atoms with E-state index < -0.39 is 21.5 Å². The quantitative estimate of drug-likeness (QED) is 0.785. The first-order valence-electron chi connectivity index (χ1n) is 7.90. The maximum absolute atomic E-state index is 13.4. The van der Waals surface area contributed by atoms with Crippen molar-refractivity contribution in [3.8, 4) is 0 Å². The molecule has 3 aliphatic carbocycles. The molecule has 0 aromatic heterocycles.